The van der Waals surface area contributed by atoms with Crippen molar-refractivity contribution in [3.63, 3.8) is 0 Å². The highest BCUT2D eigenvalue weighted by molar-refractivity contribution is 5.85. The molecule has 1 saturated carbocycles. The van der Waals surface area contributed by atoms with Gasteiger partial charge >= 0.3 is 0 Å². The molecule has 8 heteroatoms. The summed E-state index contributed by atoms with van der Waals surface area (Å²) in [5.41, 5.74) is 5.17. The lowest BCUT2D eigenvalue weighted by Gasteiger charge is -2.10. The van der Waals surface area contributed by atoms with Crippen LogP contribution in [-0.4, -0.2) is 37.2 Å². The highest BCUT2D eigenvalue weighted by Gasteiger charge is 2.31. The molecule has 1 N–H and O–H groups in total. The average Bonchev–Trinajstić information content (AvgIpc) is 3.36. The topological polar surface area (TPSA) is 103 Å². The first kappa shape index (κ1) is 15.9. The standard InChI is InChI=1S/C19H18N6O2/c1-9-14(10(2)27-25-9)13-6-12-7-20-18(24-17(12)23-13)15-16(11-4-5-11)21-8-22-19(15)26-3/h6-8,11H,4-5H2,1-3H3,(H,20,23,24). The van der Waals surface area contributed by atoms with Crippen molar-refractivity contribution in [1.29, 1.82) is 0 Å². The molecule has 5 rings (SSSR count). The fourth-order valence-corrected chi connectivity index (χ4v) is 3.45. The summed E-state index contributed by atoms with van der Waals surface area (Å²) >= 11 is 0. The predicted octanol–water partition coefficient (Wildman–Crippen LogP) is 3.57. The molecule has 0 amide bonds. The number of fused-ring (bicyclic) bond motifs is 1. The maximum atomic E-state index is 5.46. The van der Waals surface area contributed by atoms with Crippen molar-refractivity contribution in [2.45, 2.75) is 32.6 Å². The number of ether oxygens (including phenoxy) is 1. The van der Waals surface area contributed by atoms with Crippen molar-refractivity contribution in [3.05, 3.63) is 35.7 Å². The third-order valence-corrected chi connectivity index (χ3v) is 4.90. The molecule has 4 aromatic heterocycles. The molecule has 27 heavy (non-hydrogen) atoms. The maximum absolute atomic E-state index is 5.46. The Bertz CT molecular complexity index is 1140. The van der Waals surface area contributed by atoms with Crippen LogP contribution in [0.15, 0.2) is 23.1 Å². The molecule has 0 atom stereocenters. The lowest BCUT2D eigenvalue weighted by molar-refractivity contribution is 0.393. The molecular formula is C19H18N6O2. The zero-order valence-electron chi connectivity index (χ0n) is 15.3. The van der Waals surface area contributed by atoms with E-state index in [0.29, 0.717) is 17.6 Å². The van der Waals surface area contributed by atoms with Gasteiger partial charge in [0.2, 0.25) is 5.88 Å². The molecule has 0 saturated heterocycles. The molecule has 0 bridgehead atoms. The maximum Gasteiger partial charge on any atom is 0.227 e. The Morgan fingerprint density at radius 1 is 1.15 bits per heavy atom. The summed E-state index contributed by atoms with van der Waals surface area (Å²) in [5.74, 6) is 2.26. The van der Waals surface area contributed by atoms with Crippen molar-refractivity contribution >= 4 is 11.0 Å². The quantitative estimate of drug-likeness (QED) is 0.592. The second-order valence-corrected chi connectivity index (χ2v) is 6.80. The van der Waals surface area contributed by atoms with Crippen molar-refractivity contribution < 1.29 is 9.26 Å². The van der Waals surface area contributed by atoms with E-state index in [9.17, 15) is 0 Å². The van der Waals surface area contributed by atoms with E-state index in [1.165, 1.54) is 0 Å². The molecule has 4 aromatic rings. The van der Waals surface area contributed by atoms with Crippen LogP contribution in [0.3, 0.4) is 0 Å². The molecule has 0 aliphatic heterocycles. The molecule has 4 heterocycles. The van der Waals surface area contributed by atoms with E-state index >= 15 is 0 Å². The third-order valence-electron chi connectivity index (χ3n) is 4.90. The monoisotopic (exact) mass is 362 g/mol. The molecule has 0 aromatic carbocycles. The van der Waals surface area contributed by atoms with Gasteiger partial charge in [-0.3, -0.25) is 0 Å². The Morgan fingerprint density at radius 2 is 2.00 bits per heavy atom. The zero-order chi connectivity index (χ0) is 18.5. The van der Waals surface area contributed by atoms with Crippen molar-refractivity contribution in [1.82, 2.24) is 30.1 Å². The SMILES string of the molecule is COc1ncnc(C2CC2)c1-c1ncc2cc(-c3c(C)noc3C)[nH]c2n1. The van der Waals surface area contributed by atoms with E-state index in [-0.39, 0.29) is 0 Å². The van der Waals surface area contributed by atoms with E-state index in [2.05, 4.69) is 25.1 Å². The minimum atomic E-state index is 0.428. The van der Waals surface area contributed by atoms with Crippen LogP contribution in [0.1, 0.15) is 35.9 Å². The van der Waals surface area contributed by atoms with Gasteiger partial charge in [-0.2, -0.15) is 0 Å². The van der Waals surface area contributed by atoms with Crippen molar-refractivity contribution in [3.8, 4) is 28.5 Å². The summed E-state index contributed by atoms with van der Waals surface area (Å²) in [6.45, 7) is 3.81. The van der Waals surface area contributed by atoms with E-state index in [4.69, 9.17) is 14.2 Å². The molecule has 0 spiro atoms. The van der Waals surface area contributed by atoms with Crippen LogP contribution in [0.25, 0.3) is 33.7 Å². The molecule has 136 valence electrons. The average molecular weight is 362 g/mol. The Hall–Kier alpha value is -3.29. The highest BCUT2D eigenvalue weighted by Crippen LogP contribution is 2.44. The van der Waals surface area contributed by atoms with Gasteiger partial charge in [0.1, 0.15) is 23.3 Å². The number of H-pyrrole nitrogens is 1. The van der Waals surface area contributed by atoms with Crippen LogP contribution in [0.2, 0.25) is 0 Å². The Morgan fingerprint density at radius 3 is 2.70 bits per heavy atom. The Balaban J connectivity index is 1.66. The van der Waals surface area contributed by atoms with Gasteiger partial charge in [-0.25, -0.2) is 19.9 Å². The van der Waals surface area contributed by atoms with Crippen LogP contribution in [0.5, 0.6) is 5.88 Å². The Labute approximate surface area is 155 Å². The summed E-state index contributed by atoms with van der Waals surface area (Å²) in [6, 6.07) is 2.01. The third kappa shape index (κ3) is 2.56. The number of rotatable bonds is 4. The number of nitrogens with zero attached hydrogens (tertiary/aromatic N) is 5. The van der Waals surface area contributed by atoms with Gasteiger partial charge in [0.25, 0.3) is 0 Å². The minimum Gasteiger partial charge on any atom is -0.480 e. The minimum absolute atomic E-state index is 0.428. The normalized spacial score (nSPS) is 14.0. The number of aromatic amines is 1. The molecule has 8 nitrogen and oxygen atoms in total. The van der Waals surface area contributed by atoms with Crippen LogP contribution < -0.4 is 4.74 Å². The van der Waals surface area contributed by atoms with Crippen molar-refractivity contribution in [2.24, 2.45) is 0 Å². The molecule has 0 radical (unpaired) electrons. The molecule has 1 aliphatic rings. The molecule has 1 aliphatic carbocycles. The number of hydrogen-bond acceptors (Lipinski definition) is 7. The van der Waals surface area contributed by atoms with Crippen LogP contribution >= 0.6 is 0 Å². The second-order valence-electron chi connectivity index (χ2n) is 6.80. The fourth-order valence-electron chi connectivity index (χ4n) is 3.45. The van der Waals surface area contributed by atoms with Gasteiger partial charge < -0.3 is 14.2 Å². The van der Waals surface area contributed by atoms with Gasteiger partial charge in [0.15, 0.2) is 5.82 Å². The summed E-state index contributed by atoms with van der Waals surface area (Å²) in [7, 11) is 1.60. The van der Waals surface area contributed by atoms with Crippen molar-refractivity contribution in [2.75, 3.05) is 7.11 Å². The summed E-state index contributed by atoms with van der Waals surface area (Å²) in [5, 5.41) is 4.94. The summed E-state index contributed by atoms with van der Waals surface area (Å²) in [6.07, 6.45) is 5.58. The lowest BCUT2D eigenvalue weighted by Crippen LogP contribution is -2.02. The van der Waals surface area contributed by atoms with E-state index in [1.807, 2.05) is 19.9 Å². The molecular weight excluding hydrogens is 344 g/mol. The first-order valence-electron chi connectivity index (χ1n) is 8.84. The van der Waals surface area contributed by atoms with Gasteiger partial charge in [-0.15, -0.1) is 0 Å². The number of methoxy groups -OCH3 is 1. The van der Waals surface area contributed by atoms with Gasteiger partial charge in [-0.1, -0.05) is 5.16 Å². The van der Waals surface area contributed by atoms with Gasteiger partial charge in [0.05, 0.1) is 29.8 Å². The second kappa shape index (κ2) is 5.87. The first-order valence-corrected chi connectivity index (χ1v) is 8.84. The summed E-state index contributed by atoms with van der Waals surface area (Å²) in [4.78, 5) is 21.4. The van der Waals surface area contributed by atoms with Gasteiger partial charge in [-0.05, 0) is 32.8 Å². The number of aromatic nitrogens is 6. The molecule has 0 unspecified atom stereocenters. The number of hydrogen-bond donors (Lipinski definition) is 1. The van der Waals surface area contributed by atoms with Crippen LogP contribution in [0, 0.1) is 13.8 Å². The number of nitrogens with one attached hydrogen (secondary N) is 1. The van der Waals surface area contributed by atoms with E-state index in [0.717, 1.165) is 57.8 Å². The van der Waals surface area contributed by atoms with Gasteiger partial charge in [0, 0.05) is 17.5 Å². The summed E-state index contributed by atoms with van der Waals surface area (Å²) < 4.78 is 10.7. The molecule has 1 fully saturated rings. The Kier molecular flexibility index (Phi) is 3.46. The zero-order valence-corrected chi connectivity index (χ0v) is 15.3. The number of aryl methyl sites for hydroxylation is 2. The first-order chi connectivity index (χ1) is 13.2. The fraction of sp³-hybridized carbons (Fsp3) is 0.316. The van der Waals surface area contributed by atoms with E-state index in [1.54, 1.807) is 19.6 Å². The van der Waals surface area contributed by atoms with Crippen LogP contribution in [0.4, 0.5) is 0 Å². The highest BCUT2D eigenvalue weighted by atomic mass is 16.5. The smallest absolute Gasteiger partial charge is 0.227 e. The lowest BCUT2D eigenvalue weighted by atomic mass is 10.1. The van der Waals surface area contributed by atoms with Crippen LogP contribution in [-0.2, 0) is 0 Å². The van der Waals surface area contributed by atoms with E-state index < -0.39 is 0 Å². The predicted molar refractivity (Wildman–Crippen MR) is 98.4 cm³/mol. The largest absolute Gasteiger partial charge is 0.480 e.